The predicted molar refractivity (Wildman–Crippen MR) is 75.7 cm³/mol. The smallest absolute Gasteiger partial charge is 0.128 e. The molecule has 2 aromatic rings. The Morgan fingerprint density at radius 1 is 1.05 bits per heavy atom. The Kier molecular flexibility index (Phi) is 2.76. The summed E-state index contributed by atoms with van der Waals surface area (Å²) in [5.41, 5.74) is 5.81. The number of hydrogen-bond acceptors (Lipinski definition) is 3. The molecular weight excluding hydrogens is 252 g/mol. The largest absolute Gasteiger partial charge is 0.488 e. The van der Waals surface area contributed by atoms with Gasteiger partial charge in [0.25, 0.3) is 0 Å². The fraction of sp³-hybridized carbons (Fsp3) is 0.294. The van der Waals surface area contributed by atoms with Crippen LogP contribution in [0.25, 0.3) is 11.1 Å². The molecule has 4 rings (SSSR count). The van der Waals surface area contributed by atoms with E-state index in [0.717, 1.165) is 30.1 Å². The van der Waals surface area contributed by atoms with E-state index in [9.17, 15) is 5.11 Å². The summed E-state index contributed by atoms with van der Waals surface area (Å²) in [4.78, 5) is 0. The molecule has 2 heterocycles. The van der Waals surface area contributed by atoms with Crippen molar-refractivity contribution in [1.82, 2.24) is 0 Å². The first kappa shape index (κ1) is 11.9. The average Bonchev–Trinajstić information content (AvgIpc) is 2.44. The molecular formula is C17H16O3. The van der Waals surface area contributed by atoms with Gasteiger partial charge in [0, 0.05) is 11.5 Å². The van der Waals surface area contributed by atoms with Crippen molar-refractivity contribution in [2.75, 3.05) is 13.2 Å². The number of benzene rings is 2. The van der Waals surface area contributed by atoms with Crippen molar-refractivity contribution in [3.8, 4) is 16.9 Å². The van der Waals surface area contributed by atoms with E-state index >= 15 is 0 Å². The van der Waals surface area contributed by atoms with Gasteiger partial charge in [-0.2, -0.15) is 0 Å². The van der Waals surface area contributed by atoms with Crippen molar-refractivity contribution in [2.24, 2.45) is 0 Å². The number of aliphatic hydroxyl groups excluding tert-OH is 1. The summed E-state index contributed by atoms with van der Waals surface area (Å²) in [6, 6.07) is 12.5. The fourth-order valence-electron chi connectivity index (χ4n) is 2.82. The third-order valence-electron chi connectivity index (χ3n) is 4.15. The average molecular weight is 268 g/mol. The van der Waals surface area contributed by atoms with Gasteiger partial charge in [0.2, 0.25) is 0 Å². The minimum atomic E-state index is 0.0446. The number of hydrogen-bond donors (Lipinski definition) is 1. The quantitative estimate of drug-likeness (QED) is 0.910. The Balaban J connectivity index is 1.80. The van der Waals surface area contributed by atoms with E-state index < -0.39 is 0 Å². The normalized spacial score (nSPS) is 16.9. The van der Waals surface area contributed by atoms with Gasteiger partial charge in [-0.05, 0) is 28.3 Å². The van der Waals surface area contributed by atoms with Crippen LogP contribution in [-0.2, 0) is 18.0 Å². The van der Waals surface area contributed by atoms with Crippen molar-refractivity contribution in [1.29, 1.82) is 0 Å². The first-order valence-corrected chi connectivity index (χ1v) is 6.92. The van der Waals surface area contributed by atoms with Crippen LogP contribution in [0.4, 0.5) is 0 Å². The molecule has 1 N–H and O–H groups in total. The van der Waals surface area contributed by atoms with Crippen molar-refractivity contribution < 1.29 is 14.6 Å². The molecule has 2 aliphatic rings. The molecule has 0 aromatic heterocycles. The summed E-state index contributed by atoms with van der Waals surface area (Å²) in [7, 11) is 0. The summed E-state index contributed by atoms with van der Waals surface area (Å²) < 4.78 is 11.1. The van der Waals surface area contributed by atoms with E-state index in [1.807, 2.05) is 18.2 Å². The lowest BCUT2D eigenvalue weighted by molar-refractivity contribution is 0.00842. The Morgan fingerprint density at radius 3 is 2.70 bits per heavy atom. The zero-order valence-electron chi connectivity index (χ0n) is 11.1. The van der Waals surface area contributed by atoms with Crippen LogP contribution in [0.15, 0.2) is 36.4 Å². The number of aliphatic hydroxyl groups is 1. The molecule has 1 saturated heterocycles. The van der Waals surface area contributed by atoms with Gasteiger partial charge in [0.05, 0.1) is 19.8 Å². The van der Waals surface area contributed by atoms with Gasteiger partial charge in [-0.25, -0.2) is 0 Å². The predicted octanol–water partition coefficient (Wildman–Crippen LogP) is 2.85. The maximum Gasteiger partial charge on any atom is 0.128 e. The Morgan fingerprint density at radius 2 is 1.95 bits per heavy atom. The van der Waals surface area contributed by atoms with Crippen LogP contribution in [-0.4, -0.2) is 18.3 Å². The highest BCUT2D eigenvalue weighted by Crippen LogP contribution is 2.40. The van der Waals surface area contributed by atoms with Crippen LogP contribution in [0.2, 0.25) is 0 Å². The zero-order valence-corrected chi connectivity index (χ0v) is 11.1. The summed E-state index contributed by atoms with van der Waals surface area (Å²) >= 11 is 0. The molecule has 0 saturated carbocycles. The van der Waals surface area contributed by atoms with Crippen LogP contribution in [0.3, 0.4) is 0 Å². The highest BCUT2D eigenvalue weighted by Gasteiger charge is 2.23. The van der Waals surface area contributed by atoms with Crippen LogP contribution in [0.5, 0.6) is 5.75 Å². The number of fused-ring (bicyclic) bond motifs is 3. The fourth-order valence-corrected chi connectivity index (χ4v) is 2.82. The van der Waals surface area contributed by atoms with Crippen LogP contribution < -0.4 is 4.74 Å². The molecule has 0 aliphatic carbocycles. The summed E-state index contributed by atoms with van der Waals surface area (Å²) in [6.07, 6.45) is 0. The molecule has 0 bridgehead atoms. The van der Waals surface area contributed by atoms with E-state index in [4.69, 9.17) is 9.47 Å². The van der Waals surface area contributed by atoms with Gasteiger partial charge in [-0.1, -0.05) is 30.3 Å². The highest BCUT2D eigenvalue weighted by atomic mass is 16.5. The second-order valence-corrected chi connectivity index (χ2v) is 5.43. The summed E-state index contributed by atoms with van der Waals surface area (Å²) in [6.45, 7) is 2.29. The molecule has 3 nitrogen and oxygen atoms in total. The minimum absolute atomic E-state index is 0.0446. The van der Waals surface area contributed by atoms with Crippen molar-refractivity contribution in [3.63, 3.8) is 0 Å². The molecule has 3 heteroatoms. The Labute approximate surface area is 117 Å². The lowest BCUT2D eigenvalue weighted by Gasteiger charge is -2.28. The third-order valence-corrected chi connectivity index (χ3v) is 4.15. The molecule has 0 unspecified atom stereocenters. The molecule has 0 spiro atoms. The first-order valence-electron chi connectivity index (χ1n) is 6.92. The third kappa shape index (κ3) is 1.82. The second-order valence-electron chi connectivity index (χ2n) is 5.43. The molecule has 1 fully saturated rings. The van der Waals surface area contributed by atoms with Crippen molar-refractivity contribution in [2.45, 2.75) is 19.1 Å². The SMILES string of the molecule is OCc1ccc2c(c1)OCc1ccc(C3COC3)cc1-2. The van der Waals surface area contributed by atoms with Gasteiger partial charge in [0.15, 0.2) is 0 Å². The molecule has 102 valence electrons. The van der Waals surface area contributed by atoms with Gasteiger partial charge in [-0.3, -0.25) is 0 Å². The van der Waals surface area contributed by atoms with Gasteiger partial charge < -0.3 is 14.6 Å². The second kappa shape index (κ2) is 4.62. The summed E-state index contributed by atoms with van der Waals surface area (Å²) in [5, 5.41) is 9.22. The molecule has 2 aliphatic heterocycles. The van der Waals surface area contributed by atoms with Crippen molar-refractivity contribution in [3.05, 3.63) is 53.1 Å². The maximum absolute atomic E-state index is 9.22. The molecule has 2 aromatic carbocycles. The van der Waals surface area contributed by atoms with E-state index in [2.05, 4.69) is 18.2 Å². The van der Waals surface area contributed by atoms with Crippen LogP contribution in [0.1, 0.15) is 22.6 Å². The monoisotopic (exact) mass is 268 g/mol. The van der Waals surface area contributed by atoms with E-state index in [1.54, 1.807) is 0 Å². The standard InChI is InChI=1S/C17H16O3/c18-7-11-1-4-15-16-6-12(14-8-19-9-14)2-3-13(16)10-20-17(15)5-11/h1-6,14,18H,7-10H2. The number of ether oxygens (including phenoxy) is 2. The lowest BCUT2D eigenvalue weighted by Crippen LogP contribution is -2.25. The maximum atomic E-state index is 9.22. The van der Waals surface area contributed by atoms with Gasteiger partial charge >= 0.3 is 0 Å². The first-order chi connectivity index (χ1) is 9.85. The zero-order chi connectivity index (χ0) is 13.5. The topological polar surface area (TPSA) is 38.7 Å². The van der Waals surface area contributed by atoms with Crippen LogP contribution in [0, 0.1) is 0 Å². The summed E-state index contributed by atoms with van der Waals surface area (Å²) in [5.74, 6) is 1.40. The Bertz CT molecular complexity index is 659. The number of rotatable bonds is 2. The van der Waals surface area contributed by atoms with Crippen LogP contribution >= 0.6 is 0 Å². The van der Waals surface area contributed by atoms with E-state index in [1.165, 1.54) is 16.7 Å². The molecule has 0 amide bonds. The van der Waals surface area contributed by atoms with Gasteiger partial charge in [0.1, 0.15) is 12.4 Å². The Hall–Kier alpha value is -1.84. The highest BCUT2D eigenvalue weighted by molar-refractivity contribution is 5.76. The van der Waals surface area contributed by atoms with Crippen molar-refractivity contribution >= 4 is 0 Å². The van der Waals surface area contributed by atoms with E-state index in [-0.39, 0.29) is 6.61 Å². The molecule has 20 heavy (non-hydrogen) atoms. The minimum Gasteiger partial charge on any atom is -0.488 e. The van der Waals surface area contributed by atoms with E-state index in [0.29, 0.717) is 12.5 Å². The van der Waals surface area contributed by atoms with Gasteiger partial charge in [-0.15, -0.1) is 0 Å². The lowest BCUT2D eigenvalue weighted by atomic mass is 9.89. The molecule has 0 radical (unpaired) electrons. The molecule has 0 atom stereocenters.